The summed E-state index contributed by atoms with van der Waals surface area (Å²) in [6.07, 6.45) is 2.00. The van der Waals surface area contributed by atoms with Gasteiger partial charge in [0.1, 0.15) is 0 Å². The van der Waals surface area contributed by atoms with E-state index in [0.717, 1.165) is 11.5 Å². The predicted octanol–water partition coefficient (Wildman–Crippen LogP) is 3.36. The largest absolute Gasteiger partial charge is 0.221 e. The minimum absolute atomic E-state index is 0.0138. The molecule has 0 aliphatic carbocycles. The third-order valence-corrected chi connectivity index (χ3v) is 2.15. The van der Waals surface area contributed by atoms with E-state index >= 15 is 0 Å². The van der Waals surface area contributed by atoms with Crippen LogP contribution >= 0.6 is 0 Å². The summed E-state index contributed by atoms with van der Waals surface area (Å²) in [5.41, 5.74) is 2.13. The molecule has 2 aromatic rings. The molecule has 3 nitrogen and oxygen atoms in total. The Morgan fingerprint density at radius 2 is 1.75 bits per heavy atom. The minimum atomic E-state index is 0.0138. The van der Waals surface area contributed by atoms with E-state index in [0.29, 0.717) is 0 Å². The Hall–Kier alpha value is -1.38. The van der Waals surface area contributed by atoms with Gasteiger partial charge in [-0.2, -0.15) is 5.10 Å². The van der Waals surface area contributed by atoms with E-state index in [-0.39, 0.29) is 5.41 Å². The zero-order chi connectivity index (χ0) is 12.3. The molecule has 0 fully saturated rings. The molecule has 0 aliphatic heterocycles. The van der Waals surface area contributed by atoms with Crippen LogP contribution in [0.3, 0.4) is 0 Å². The number of aromatic nitrogens is 3. The average molecular weight is 219 g/mol. The molecule has 0 radical (unpaired) electrons. The fraction of sp³-hybridized carbons (Fsp3) is 0.538. The Balaban J connectivity index is 0.000000606. The first-order chi connectivity index (χ1) is 7.47. The summed E-state index contributed by atoms with van der Waals surface area (Å²) in [7, 11) is 0. The molecule has 2 aromatic heterocycles. The smallest absolute Gasteiger partial charge is 0.157 e. The highest BCUT2D eigenvalue weighted by atomic mass is 15.3. The van der Waals surface area contributed by atoms with Crippen LogP contribution in [0.4, 0.5) is 0 Å². The summed E-state index contributed by atoms with van der Waals surface area (Å²) in [6, 6.07) is 4.05. The molecule has 0 spiro atoms. The standard InChI is InChI=1S/C11H15N3.C2H6/c1-8-5-6-9-12-10(11(2,3)4)13-14(9)7-8;1-2/h5-7H,1-4H3;1-2H3. The molecule has 0 atom stereocenters. The molecule has 16 heavy (non-hydrogen) atoms. The summed E-state index contributed by atoms with van der Waals surface area (Å²) in [6.45, 7) is 12.4. The number of aryl methyl sites for hydroxylation is 1. The van der Waals surface area contributed by atoms with Gasteiger partial charge in [0.05, 0.1) is 0 Å². The second-order valence-electron chi connectivity index (χ2n) is 4.69. The Labute approximate surface area is 97.5 Å². The SMILES string of the molecule is CC.Cc1ccc2nc(C(C)(C)C)nn2c1. The van der Waals surface area contributed by atoms with Gasteiger partial charge < -0.3 is 0 Å². The molecule has 0 unspecified atom stereocenters. The van der Waals surface area contributed by atoms with E-state index in [2.05, 4.69) is 43.8 Å². The molecule has 0 bridgehead atoms. The van der Waals surface area contributed by atoms with Crippen molar-refractivity contribution in [1.29, 1.82) is 0 Å². The van der Waals surface area contributed by atoms with Crippen molar-refractivity contribution in [2.45, 2.75) is 47.0 Å². The summed E-state index contributed by atoms with van der Waals surface area (Å²) < 4.78 is 1.84. The van der Waals surface area contributed by atoms with Crippen molar-refractivity contribution >= 4 is 5.65 Å². The molecular formula is C13H21N3. The minimum Gasteiger partial charge on any atom is -0.221 e. The topological polar surface area (TPSA) is 30.2 Å². The lowest BCUT2D eigenvalue weighted by Crippen LogP contribution is -2.13. The number of hydrogen-bond donors (Lipinski definition) is 0. The maximum absolute atomic E-state index is 4.48. The van der Waals surface area contributed by atoms with Gasteiger partial charge in [-0.05, 0) is 18.6 Å². The second kappa shape index (κ2) is 4.64. The molecular weight excluding hydrogens is 198 g/mol. The van der Waals surface area contributed by atoms with Gasteiger partial charge in [0, 0.05) is 11.6 Å². The molecule has 0 saturated heterocycles. The number of pyridine rings is 1. The highest BCUT2D eigenvalue weighted by Gasteiger charge is 2.19. The normalized spacial score (nSPS) is 11.1. The number of nitrogens with zero attached hydrogens (tertiary/aromatic N) is 3. The molecule has 0 saturated carbocycles. The van der Waals surface area contributed by atoms with Gasteiger partial charge >= 0.3 is 0 Å². The van der Waals surface area contributed by atoms with Gasteiger partial charge in [-0.3, -0.25) is 0 Å². The van der Waals surface area contributed by atoms with Crippen LogP contribution in [-0.4, -0.2) is 14.6 Å². The first kappa shape index (κ1) is 12.7. The van der Waals surface area contributed by atoms with Crippen molar-refractivity contribution in [3.05, 3.63) is 29.7 Å². The highest BCUT2D eigenvalue weighted by molar-refractivity contribution is 5.39. The van der Waals surface area contributed by atoms with Gasteiger partial charge in [-0.25, -0.2) is 9.50 Å². The molecule has 2 heterocycles. The maximum atomic E-state index is 4.48. The zero-order valence-corrected chi connectivity index (χ0v) is 11.1. The number of hydrogen-bond acceptors (Lipinski definition) is 2. The molecule has 0 amide bonds. The van der Waals surface area contributed by atoms with Crippen LogP contribution in [-0.2, 0) is 5.41 Å². The van der Waals surface area contributed by atoms with Crippen molar-refractivity contribution in [3.63, 3.8) is 0 Å². The summed E-state index contributed by atoms with van der Waals surface area (Å²) in [5.74, 6) is 0.892. The fourth-order valence-corrected chi connectivity index (χ4v) is 1.30. The van der Waals surface area contributed by atoms with Gasteiger partial charge in [0.15, 0.2) is 11.5 Å². The van der Waals surface area contributed by atoms with E-state index in [1.54, 1.807) is 0 Å². The van der Waals surface area contributed by atoms with Gasteiger partial charge in [0.2, 0.25) is 0 Å². The third kappa shape index (κ3) is 2.60. The van der Waals surface area contributed by atoms with Gasteiger partial charge in [0.25, 0.3) is 0 Å². The van der Waals surface area contributed by atoms with E-state index < -0.39 is 0 Å². The molecule has 3 heteroatoms. The van der Waals surface area contributed by atoms with E-state index in [1.165, 1.54) is 5.56 Å². The fourth-order valence-electron chi connectivity index (χ4n) is 1.30. The van der Waals surface area contributed by atoms with Crippen molar-refractivity contribution < 1.29 is 0 Å². The Kier molecular flexibility index (Phi) is 3.68. The first-order valence-electron chi connectivity index (χ1n) is 5.80. The lowest BCUT2D eigenvalue weighted by molar-refractivity contribution is 0.545. The van der Waals surface area contributed by atoms with Crippen molar-refractivity contribution in [1.82, 2.24) is 14.6 Å². The van der Waals surface area contributed by atoms with Crippen molar-refractivity contribution in [3.8, 4) is 0 Å². The molecule has 0 aromatic carbocycles. The van der Waals surface area contributed by atoms with Crippen molar-refractivity contribution in [2.75, 3.05) is 0 Å². The summed E-state index contributed by atoms with van der Waals surface area (Å²) >= 11 is 0. The molecule has 0 N–H and O–H groups in total. The van der Waals surface area contributed by atoms with Crippen LogP contribution in [0.25, 0.3) is 5.65 Å². The average Bonchev–Trinajstić information content (AvgIpc) is 2.63. The Morgan fingerprint density at radius 1 is 1.12 bits per heavy atom. The van der Waals surface area contributed by atoms with Crippen LogP contribution in [0.15, 0.2) is 18.3 Å². The monoisotopic (exact) mass is 219 g/mol. The third-order valence-electron chi connectivity index (χ3n) is 2.15. The Bertz CT molecular complexity index is 463. The maximum Gasteiger partial charge on any atom is 0.157 e. The predicted molar refractivity (Wildman–Crippen MR) is 67.8 cm³/mol. The molecule has 2 rings (SSSR count). The van der Waals surface area contributed by atoms with E-state index in [4.69, 9.17) is 0 Å². The zero-order valence-electron chi connectivity index (χ0n) is 11.1. The van der Waals surface area contributed by atoms with Crippen LogP contribution in [0.2, 0.25) is 0 Å². The molecule has 88 valence electrons. The molecule has 0 aliphatic rings. The summed E-state index contributed by atoms with van der Waals surface area (Å²) in [4.78, 5) is 4.48. The quantitative estimate of drug-likeness (QED) is 0.680. The number of fused-ring (bicyclic) bond motifs is 1. The van der Waals surface area contributed by atoms with Crippen LogP contribution in [0.1, 0.15) is 46.0 Å². The van der Waals surface area contributed by atoms with Crippen LogP contribution in [0.5, 0.6) is 0 Å². The highest BCUT2D eigenvalue weighted by Crippen LogP contribution is 2.18. The van der Waals surface area contributed by atoms with Crippen LogP contribution < -0.4 is 0 Å². The van der Waals surface area contributed by atoms with E-state index in [1.807, 2.05) is 30.6 Å². The Morgan fingerprint density at radius 3 is 2.31 bits per heavy atom. The van der Waals surface area contributed by atoms with Crippen LogP contribution in [0, 0.1) is 6.92 Å². The van der Waals surface area contributed by atoms with Gasteiger partial charge in [-0.1, -0.05) is 40.7 Å². The lowest BCUT2D eigenvalue weighted by atomic mass is 9.96. The van der Waals surface area contributed by atoms with Crippen molar-refractivity contribution in [2.24, 2.45) is 0 Å². The number of rotatable bonds is 0. The lowest BCUT2D eigenvalue weighted by Gasteiger charge is -2.11. The van der Waals surface area contributed by atoms with E-state index in [9.17, 15) is 0 Å². The summed E-state index contributed by atoms with van der Waals surface area (Å²) in [5, 5.41) is 4.45. The second-order valence-corrected chi connectivity index (χ2v) is 4.69. The first-order valence-corrected chi connectivity index (χ1v) is 5.80. The van der Waals surface area contributed by atoms with Gasteiger partial charge in [-0.15, -0.1) is 0 Å².